The van der Waals surface area contributed by atoms with E-state index >= 15 is 0 Å². The van der Waals surface area contributed by atoms with Gasteiger partial charge in [-0.05, 0) is 18.2 Å². The van der Waals surface area contributed by atoms with Crippen molar-refractivity contribution in [3.63, 3.8) is 0 Å². The van der Waals surface area contributed by atoms with Crippen LogP contribution in [0.3, 0.4) is 0 Å². The average molecular weight is 331 g/mol. The summed E-state index contributed by atoms with van der Waals surface area (Å²) in [6, 6.07) is 9.03. The van der Waals surface area contributed by atoms with Crippen molar-refractivity contribution in [3.05, 3.63) is 51.0 Å². The lowest BCUT2D eigenvalue weighted by Crippen LogP contribution is -2.02. The van der Waals surface area contributed by atoms with Crippen molar-refractivity contribution < 1.29 is 9.47 Å². The summed E-state index contributed by atoms with van der Waals surface area (Å²) in [5.74, 6) is 1.50. The van der Waals surface area contributed by atoms with Crippen LogP contribution in [0.25, 0.3) is 0 Å². The van der Waals surface area contributed by atoms with Gasteiger partial charge in [0, 0.05) is 17.1 Å². The lowest BCUT2D eigenvalue weighted by molar-refractivity contribution is 0.173. The molecule has 1 aliphatic heterocycles. The number of fused-ring (bicyclic) bond motifs is 1. The Morgan fingerprint density at radius 2 is 1.80 bits per heavy atom. The van der Waals surface area contributed by atoms with E-state index in [1.807, 2.05) is 18.2 Å². The van der Waals surface area contributed by atoms with Crippen molar-refractivity contribution in [3.8, 4) is 11.5 Å². The zero-order valence-electron chi connectivity index (χ0n) is 10.3. The van der Waals surface area contributed by atoms with Gasteiger partial charge in [-0.2, -0.15) is 0 Å². The molecule has 0 radical (unpaired) electrons. The zero-order chi connectivity index (χ0) is 14.1. The molecule has 1 aliphatic rings. The van der Waals surface area contributed by atoms with Crippen LogP contribution in [0.4, 0.5) is 5.69 Å². The van der Waals surface area contributed by atoms with E-state index in [0.717, 1.165) is 17.1 Å². The molecule has 6 heteroatoms. The molecule has 2 aromatic carbocycles. The molecule has 0 spiro atoms. The smallest absolute Gasteiger partial charge is 0.231 e. The molecule has 104 valence electrons. The van der Waals surface area contributed by atoms with Crippen LogP contribution in [0, 0.1) is 0 Å². The minimum absolute atomic E-state index is 0.245. The van der Waals surface area contributed by atoms with E-state index in [-0.39, 0.29) is 6.79 Å². The van der Waals surface area contributed by atoms with Gasteiger partial charge in [0.05, 0.1) is 15.7 Å². The third-order valence-corrected chi connectivity index (χ3v) is 3.76. The van der Waals surface area contributed by atoms with Crippen molar-refractivity contribution in [2.75, 3.05) is 12.1 Å². The third-order valence-electron chi connectivity index (χ3n) is 2.94. The molecule has 0 atom stereocenters. The largest absolute Gasteiger partial charge is 0.454 e. The molecule has 0 fully saturated rings. The van der Waals surface area contributed by atoms with Gasteiger partial charge in [-0.15, -0.1) is 0 Å². The van der Waals surface area contributed by atoms with Gasteiger partial charge in [-0.3, -0.25) is 0 Å². The molecule has 1 N–H and O–H groups in total. The minimum atomic E-state index is 0.245. The second kappa shape index (κ2) is 5.60. The van der Waals surface area contributed by atoms with Crippen molar-refractivity contribution in [1.29, 1.82) is 0 Å². The van der Waals surface area contributed by atoms with E-state index < -0.39 is 0 Å². The van der Waals surface area contributed by atoms with Gasteiger partial charge in [0.2, 0.25) is 6.79 Å². The van der Waals surface area contributed by atoms with Crippen molar-refractivity contribution >= 4 is 40.5 Å². The summed E-state index contributed by atoms with van der Waals surface area (Å²) in [5, 5.41) is 4.66. The Balaban J connectivity index is 1.83. The van der Waals surface area contributed by atoms with E-state index in [1.54, 1.807) is 12.1 Å². The van der Waals surface area contributed by atoms with Crippen molar-refractivity contribution in [2.24, 2.45) is 0 Å². The predicted molar refractivity (Wildman–Crippen MR) is 81.4 cm³/mol. The van der Waals surface area contributed by atoms with Gasteiger partial charge in [0.1, 0.15) is 0 Å². The summed E-state index contributed by atoms with van der Waals surface area (Å²) in [5.41, 5.74) is 1.62. The highest BCUT2D eigenvalue weighted by atomic mass is 35.5. The van der Waals surface area contributed by atoms with Crippen LogP contribution in [0.5, 0.6) is 11.5 Å². The Hall–Kier alpha value is -1.29. The number of rotatable bonds is 3. The summed E-state index contributed by atoms with van der Waals surface area (Å²) in [4.78, 5) is 0. The van der Waals surface area contributed by atoms with Crippen molar-refractivity contribution in [1.82, 2.24) is 0 Å². The molecule has 3 rings (SSSR count). The normalized spacial score (nSPS) is 12.6. The number of ether oxygens (including phenoxy) is 2. The summed E-state index contributed by atoms with van der Waals surface area (Å²) in [6.45, 7) is 0.766. The minimum Gasteiger partial charge on any atom is -0.454 e. The predicted octanol–water partition coefficient (Wildman–Crippen LogP) is 4.99. The number of nitrogens with one attached hydrogen (secondary N) is 1. The Bertz CT molecular complexity index is 638. The summed E-state index contributed by atoms with van der Waals surface area (Å²) >= 11 is 18.1. The first-order valence-electron chi connectivity index (χ1n) is 5.91. The quantitative estimate of drug-likeness (QED) is 0.860. The van der Waals surface area contributed by atoms with Gasteiger partial charge < -0.3 is 14.8 Å². The van der Waals surface area contributed by atoms with Gasteiger partial charge in [0.15, 0.2) is 11.5 Å². The van der Waals surface area contributed by atoms with Crippen LogP contribution < -0.4 is 14.8 Å². The van der Waals surface area contributed by atoms with Gasteiger partial charge in [-0.1, -0.05) is 46.9 Å². The zero-order valence-corrected chi connectivity index (χ0v) is 12.5. The highest BCUT2D eigenvalue weighted by Gasteiger charge is 2.17. The molecule has 20 heavy (non-hydrogen) atoms. The molecule has 0 unspecified atom stereocenters. The number of hydrogen-bond acceptors (Lipinski definition) is 3. The molecule has 2 aromatic rings. The Morgan fingerprint density at radius 1 is 1.05 bits per heavy atom. The maximum Gasteiger partial charge on any atom is 0.231 e. The van der Waals surface area contributed by atoms with Crippen LogP contribution >= 0.6 is 34.8 Å². The van der Waals surface area contributed by atoms with E-state index in [1.165, 1.54) is 0 Å². The fraction of sp³-hybridized carbons (Fsp3) is 0.143. The molecule has 3 nitrogen and oxygen atoms in total. The third kappa shape index (κ3) is 2.62. The van der Waals surface area contributed by atoms with Crippen LogP contribution in [-0.4, -0.2) is 6.79 Å². The summed E-state index contributed by atoms with van der Waals surface area (Å²) in [7, 11) is 0. The lowest BCUT2D eigenvalue weighted by atomic mass is 10.2. The highest BCUT2D eigenvalue weighted by molar-refractivity contribution is 6.41. The Labute approximate surface area is 131 Å². The molecule has 0 bridgehead atoms. The van der Waals surface area contributed by atoms with E-state index in [2.05, 4.69) is 5.32 Å². The Morgan fingerprint density at radius 3 is 2.55 bits per heavy atom. The molecule has 0 aliphatic carbocycles. The number of benzene rings is 2. The van der Waals surface area contributed by atoms with Crippen LogP contribution in [-0.2, 0) is 6.54 Å². The molecule has 0 aromatic heterocycles. The second-order valence-corrected chi connectivity index (χ2v) is 5.50. The molecule has 0 saturated carbocycles. The van der Waals surface area contributed by atoms with Crippen LogP contribution in [0.1, 0.15) is 5.56 Å². The first-order chi connectivity index (χ1) is 9.65. The average Bonchev–Trinajstić information content (AvgIpc) is 2.86. The van der Waals surface area contributed by atoms with E-state index in [9.17, 15) is 0 Å². The number of anilines is 1. The number of halogens is 3. The van der Waals surface area contributed by atoms with Crippen LogP contribution in [0.15, 0.2) is 30.3 Å². The maximum atomic E-state index is 6.13. The van der Waals surface area contributed by atoms with Crippen LogP contribution in [0.2, 0.25) is 15.1 Å². The molecule has 0 saturated heterocycles. The maximum absolute atomic E-state index is 6.13. The lowest BCUT2D eigenvalue weighted by Gasteiger charge is -2.12. The molecular weight excluding hydrogens is 321 g/mol. The van der Waals surface area contributed by atoms with Gasteiger partial charge >= 0.3 is 0 Å². The topological polar surface area (TPSA) is 30.5 Å². The molecule has 0 amide bonds. The SMILES string of the molecule is Clc1cc(Cl)c(NCc2cccc3c2OCO3)c(Cl)c1. The fourth-order valence-corrected chi connectivity index (χ4v) is 2.98. The molecular formula is C14H10Cl3NO2. The first kappa shape index (κ1) is 13.7. The second-order valence-electron chi connectivity index (χ2n) is 4.25. The molecule has 1 heterocycles. The fourth-order valence-electron chi connectivity index (χ4n) is 2.02. The van der Waals surface area contributed by atoms with Gasteiger partial charge in [0.25, 0.3) is 0 Å². The van der Waals surface area contributed by atoms with E-state index in [4.69, 9.17) is 44.3 Å². The highest BCUT2D eigenvalue weighted by Crippen LogP contribution is 2.37. The monoisotopic (exact) mass is 329 g/mol. The first-order valence-corrected chi connectivity index (χ1v) is 7.04. The number of para-hydroxylation sites is 1. The summed E-state index contributed by atoms with van der Waals surface area (Å²) < 4.78 is 10.8. The van der Waals surface area contributed by atoms with E-state index in [0.29, 0.717) is 27.3 Å². The van der Waals surface area contributed by atoms with Crippen molar-refractivity contribution in [2.45, 2.75) is 6.54 Å². The van der Waals surface area contributed by atoms with Gasteiger partial charge in [-0.25, -0.2) is 0 Å². The number of hydrogen-bond donors (Lipinski definition) is 1. The summed E-state index contributed by atoms with van der Waals surface area (Å²) in [6.07, 6.45) is 0. The standard InChI is InChI=1S/C14H10Cl3NO2/c15-9-4-10(16)13(11(17)5-9)18-6-8-2-1-3-12-14(8)20-7-19-12/h1-5,18H,6-7H2. The Kier molecular flexibility index (Phi) is 3.83.